The van der Waals surface area contributed by atoms with Crippen LogP contribution < -0.4 is 20.9 Å². The van der Waals surface area contributed by atoms with Crippen LogP contribution in [0.2, 0.25) is 0 Å². The first-order valence-corrected chi connectivity index (χ1v) is 11.1. The van der Waals surface area contributed by atoms with Gasteiger partial charge in [0.25, 0.3) is 5.91 Å². The first-order chi connectivity index (χ1) is 16.0. The Morgan fingerprint density at radius 2 is 2.00 bits per heavy atom. The molecule has 8 nitrogen and oxygen atoms in total. The Morgan fingerprint density at radius 1 is 1.21 bits per heavy atom. The average Bonchev–Trinajstić information content (AvgIpc) is 2.83. The summed E-state index contributed by atoms with van der Waals surface area (Å²) in [5.41, 5.74) is 3.32. The summed E-state index contributed by atoms with van der Waals surface area (Å²) in [7, 11) is 1.84. The highest BCUT2D eigenvalue weighted by atomic mass is 19.1. The van der Waals surface area contributed by atoms with Gasteiger partial charge in [0.2, 0.25) is 0 Å². The summed E-state index contributed by atoms with van der Waals surface area (Å²) in [6.07, 6.45) is 1.74. The van der Waals surface area contributed by atoms with Crippen LogP contribution in [-0.4, -0.2) is 62.3 Å². The fourth-order valence-corrected chi connectivity index (χ4v) is 3.85. The minimum Gasteiger partial charge on any atom is -0.378 e. The zero-order valence-corrected chi connectivity index (χ0v) is 18.9. The van der Waals surface area contributed by atoms with E-state index >= 15 is 0 Å². The van der Waals surface area contributed by atoms with E-state index in [9.17, 15) is 9.18 Å². The molecule has 1 fully saturated rings. The zero-order valence-electron chi connectivity index (χ0n) is 18.9. The normalized spacial score (nSPS) is 14.4. The topological polar surface area (TPSA) is 91.4 Å². The van der Waals surface area contributed by atoms with Crippen LogP contribution in [0.3, 0.4) is 0 Å². The van der Waals surface area contributed by atoms with Gasteiger partial charge in [-0.05, 0) is 44.3 Å². The number of hydrogen-bond acceptors (Lipinski definition) is 7. The highest BCUT2D eigenvalue weighted by Gasteiger charge is 2.19. The second-order valence-corrected chi connectivity index (χ2v) is 8.00. The van der Waals surface area contributed by atoms with Gasteiger partial charge in [-0.1, -0.05) is 13.5 Å². The van der Waals surface area contributed by atoms with E-state index in [1.807, 2.05) is 20.0 Å². The van der Waals surface area contributed by atoms with Crippen molar-refractivity contribution in [3.63, 3.8) is 0 Å². The fourth-order valence-electron chi connectivity index (χ4n) is 3.85. The Balaban J connectivity index is 0.00000324. The Labute approximate surface area is 199 Å². The number of halogens is 1. The molecule has 2 aromatic carbocycles. The van der Waals surface area contributed by atoms with Crippen molar-refractivity contribution >= 4 is 28.4 Å². The van der Waals surface area contributed by atoms with Crippen molar-refractivity contribution in [1.82, 2.24) is 20.6 Å². The molecule has 3 aromatic rings. The molecule has 2 heterocycles. The van der Waals surface area contributed by atoms with E-state index in [-0.39, 0.29) is 25.2 Å². The molecule has 0 bridgehead atoms. The number of fused-ring (bicyclic) bond motifs is 1. The minimum atomic E-state index is -0.316. The minimum absolute atomic E-state index is 0. The molecule has 0 aliphatic carbocycles. The summed E-state index contributed by atoms with van der Waals surface area (Å²) in [4.78, 5) is 24.5. The average molecular weight is 469 g/mol. The third kappa shape index (κ3) is 5.98. The van der Waals surface area contributed by atoms with Gasteiger partial charge in [0.05, 0.1) is 36.5 Å². The summed E-state index contributed by atoms with van der Waals surface area (Å²) in [6.45, 7) is 5.95. The lowest BCUT2D eigenvalue weighted by molar-refractivity contribution is 0.0954. The summed E-state index contributed by atoms with van der Waals surface area (Å²) in [5.74, 6) is 0.283. The van der Waals surface area contributed by atoms with Gasteiger partial charge in [0.15, 0.2) is 0 Å². The molecule has 1 saturated heterocycles. The van der Waals surface area contributed by atoms with Gasteiger partial charge in [-0.15, -0.1) is 0 Å². The molecule has 0 radical (unpaired) electrons. The van der Waals surface area contributed by atoms with Crippen LogP contribution in [0, 0.1) is 5.82 Å². The van der Waals surface area contributed by atoms with E-state index in [1.54, 1.807) is 24.4 Å². The molecular formula is C25H33FN6O2. The van der Waals surface area contributed by atoms with Crippen LogP contribution in [0.15, 0.2) is 42.6 Å². The third-order valence-corrected chi connectivity index (χ3v) is 5.60. The summed E-state index contributed by atoms with van der Waals surface area (Å²) >= 11 is 0. The van der Waals surface area contributed by atoms with E-state index in [2.05, 4.69) is 25.8 Å². The van der Waals surface area contributed by atoms with Gasteiger partial charge in [-0.3, -0.25) is 9.78 Å². The lowest BCUT2D eigenvalue weighted by Gasteiger charge is -2.28. The van der Waals surface area contributed by atoms with Gasteiger partial charge < -0.3 is 25.6 Å². The number of aromatic nitrogens is 2. The number of amides is 1. The Hall–Kier alpha value is -3.30. The number of benzene rings is 2. The number of hydrogen-bond donors (Lipinski definition) is 3. The predicted octanol–water partition coefficient (Wildman–Crippen LogP) is 3.36. The monoisotopic (exact) mass is 468 g/mol. The number of likely N-dealkylation sites (N-methyl/N-ethyl adjacent to an activating group) is 1. The number of ether oxygens (including phenoxy) is 1. The van der Waals surface area contributed by atoms with Gasteiger partial charge in [-0.25, -0.2) is 9.37 Å². The highest BCUT2D eigenvalue weighted by molar-refractivity contribution is 5.98. The van der Waals surface area contributed by atoms with Crippen molar-refractivity contribution in [1.29, 1.82) is 0 Å². The number of anilines is 2. The molecule has 0 saturated carbocycles. The lowest BCUT2D eigenvalue weighted by atomic mass is 10.0. The van der Waals surface area contributed by atoms with Crippen LogP contribution in [0.25, 0.3) is 11.0 Å². The zero-order chi connectivity index (χ0) is 23.2. The lowest BCUT2D eigenvalue weighted by Crippen LogP contribution is -2.36. The Morgan fingerprint density at radius 3 is 2.74 bits per heavy atom. The Bertz CT molecular complexity index is 1120. The van der Waals surface area contributed by atoms with Gasteiger partial charge in [0, 0.05) is 43.0 Å². The molecule has 1 unspecified atom stereocenters. The molecule has 34 heavy (non-hydrogen) atoms. The number of nitrogens with zero attached hydrogens (tertiary/aromatic N) is 3. The van der Waals surface area contributed by atoms with Crippen LogP contribution in [0.1, 0.15) is 36.3 Å². The largest absolute Gasteiger partial charge is 0.378 e. The van der Waals surface area contributed by atoms with E-state index in [0.717, 1.165) is 24.5 Å². The number of rotatable bonds is 8. The van der Waals surface area contributed by atoms with E-state index in [4.69, 9.17) is 9.72 Å². The molecule has 1 aliphatic rings. The number of nitrogens with one attached hydrogen (secondary N) is 3. The van der Waals surface area contributed by atoms with Crippen LogP contribution >= 0.6 is 0 Å². The predicted molar refractivity (Wildman–Crippen MR) is 134 cm³/mol. The molecule has 1 atom stereocenters. The quantitative estimate of drug-likeness (QED) is 0.437. The summed E-state index contributed by atoms with van der Waals surface area (Å²) in [6, 6.07) is 9.67. The third-order valence-electron chi connectivity index (χ3n) is 5.60. The van der Waals surface area contributed by atoms with E-state index < -0.39 is 0 Å². The van der Waals surface area contributed by atoms with Crippen LogP contribution in [0.5, 0.6) is 0 Å². The van der Waals surface area contributed by atoms with Crippen molar-refractivity contribution in [2.24, 2.45) is 0 Å². The van der Waals surface area contributed by atoms with Crippen molar-refractivity contribution < 1.29 is 13.9 Å². The fraction of sp³-hybridized carbons (Fsp3) is 0.400. The highest BCUT2D eigenvalue weighted by Crippen LogP contribution is 2.28. The van der Waals surface area contributed by atoms with Crippen molar-refractivity contribution in [3.8, 4) is 0 Å². The molecule has 0 spiro atoms. The number of carbonyl (C=O) groups excluding carboxylic acids is 1. The van der Waals surface area contributed by atoms with Crippen molar-refractivity contribution in [2.75, 3.05) is 56.7 Å². The van der Waals surface area contributed by atoms with Gasteiger partial charge in [0.1, 0.15) is 11.6 Å². The maximum Gasteiger partial charge on any atom is 0.251 e. The molecule has 3 N–H and O–H groups in total. The smallest absolute Gasteiger partial charge is 0.251 e. The van der Waals surface area contributed by atoms with Crippen molar-refractivity contribution in [3.05, 3.63) is 59.5 Å². The standard InChI is InChI=1S/C24H29FN6O2.CH4/c1-16(29-19-5-3-4-18(25)14-19)20-12-17(24(32)27-7-6-26-2)13-21-23(20)30-22(15-28-21)31-8-10-33-11-9-31;/h3-5,12-16,26,29H,6-11H2,1-2H3,(H,27,32);1H4. The second kappa shape index (κ2) is 11.7. The maximum atomic E-state index is 13.7. The molecule has 4 rings (SSSR count). The second-order valence-electron chi connectivity index (χ2n) is 8.00. The maximum absolute atomic E-state index is 13.7. The van der Waals surface area contributed by atoms with Crippen LogP contribution in [-0.2, 0) is 4.74 Å². The first-order valence-electron chi connectivity index (χ1n) is 11.1. The SMILES string of the molecule is C.CNCCNC(=O)c1cc(C(C)Nc2cccc(F)c2)c2nc(N3CCOCC3)cnc2c1. The van der Waals surface area contributed by atoms with Gasteiger partial charge in [-0.2, -0.15) is 0 Å². The molecule has 182 valence electrons. The van der Waals surface area contributed by atoms with E-state index in [0.29, 0.717) is 48.6 Å². The summed E-state index contributed by atoms with van der Waals surface area (Å²) in [5, 5.41) is 9.25. The summed E-state index contributed by atoms with van der Waals surface area (Å²) < 4.78 is 19.2. The van der Waals surface area contributed by atoms with Crippen molar-refractivity contribution in [2.45, 2.75) is 20.4 Å². The number of carbonyl (C=O) groups is 1. The molecule has 1 amide bonds. The Kier molecular flexibility index (Phi) is 8.72. The molecule has 9 heteroatoms. The molecule has 1 aliphatic heterocycles. The first kappa shape index (κ1) is 25.3. The molecule has 1 aromatic heterocycles. The van der Waals surface area contributed by atoms with Crippen LogP contribution in [0.4, 0.5) is 15.9 Å². The van der Waals surface area contributed by atoms with Gasteiger partial charge >= 0.3 is 0 Å². The number of morpholine rings is 1. The molecular weight excluding hydrogens is 435 g/mol. The van der Waals surface area contributed by atoms with E-state index in [1.165, 1.54) is 12.1 Å².